The van der Waals surface area contributed by atoms with Crippen LogP contribution in [0.1, 0.15) is 6.92 Å². The van der Waals surface area contributed by atoms with Crippen LogP contribution in [0.15, 0.2) is 0 Å². The van der Waals surface area contributed by atoms with Gasteiger partial charge in [0.15, 0.2) is 0 Å². The van der Waals surface area contributed by atoms with Crippen LogP contribution in [0.4, 0.5) is 0 Å². The summed E-state index contributed by atoms with van der Waals surface area (Å²) in [5.74, 6) is 3.51. The summed E-state index contributed by atoms with van der Waals surface area (Å²) in [4.78, 5) is 9.68. The van der Waals surface area contributed by atoms with Crippen molar-refractivity contribution in [2.45, 2.75) is 13.0 Å². The van der Waals surface area contributed by atoms with Crippen molar-refractivity contribution in [1.29, 1.82) is 0 Å². The minimum absolute atomic E-state index is 0. The molecule has 0 radical (unpaired) electrons. The molecule has 0 fully saturated rings. The third-order valence-electron chi connectivity index (χ3n) is 0.604. The van der Waals surface area contributed by atoms with E-state index in [2.05, 4.69) is 0 Å². The number of hydrogen-bond acceptors (Lipinski definition) is 4. The summed E-state index contributed by atoms with van der Waals surface area (Å²) >= 11 is 0. The van der Waals surface area contributed by atoms with Crippen molar-refractivity contribution in [2.24, 2.45) is 5.84 Å². The first-order valence-corrected chi connectivity index (χ1v) is 1.85. The van der Waals surface area contributed by atoms with Gasteiger partial charge in [-0.2, -0.15) is 0 Å². The second-order valence-corrected chi connectivity index (χ2v) is 1.21. The third-order valence-corrected chi connectivity index (χ3v) is 0.604. The molecule has 0 aromatic heterocycles. The maximum Gasteiger partial charge on any atom is 1.00 e. The number of hydrogen-bond donors (Lipinski definition) is 2. The van der Waals surface area contributed by atoms with Gasteiger partial charge >= 0.3 is 29.6 Å². The minimum atomic E-state index is -1.19. The Labute approximate surface area is 69.7 Å². The molecule has 42 valence electrons. The maximum absolute atomic E-state index is 9.68. The van der Waals surface area contributed by atoms with Crippen LogP contribution in [0, 0.1) is 0 Å². The molecule has 0 aromatic carbocycles. The number of carboxylic acids is 1. The number of aliphatic carboxylic acids is 1. The molecule has 0 rings (SSSR count). The fourth-order valence-corrected chi connectivity index (χ4v) is 0.0680. The van der Waals surface area contributed by atoms with Crippen molar-refractivity contribution in [1.82, 2.24) is 5.43 Å². The molecule has 0 saturated carbocycles. The van der Waals surface area contributed by atoms with E-state index in [0.717, 1.165) is 0 Å². The van der Waals surface area contributed by atoms with E-state index < -0.39 is 12.0 Å². The summed E-state index contributed by atoms with van der Waals surface area (Å²) in [7, 11) is 0. The van der Waals surface area contributed by atoms with Crippen molar-refractivity contribution in [3.8, 4) is 0 Å². The summed E-state index contributed by atoms with van der Waals surface area (Å²) in [5, 5.41) is 9.68. The van der Waals surface area contributed by atoms with Gasteiger partial charge in [-0.3, -0.25) is 11.3 Å². The molecular formula is C3H7N2NaO2. The normalized spacial score (nSPS) is 11.8. The van der Waals surface area contributed by atoms with Crippen LogP contribution in [0.25, 0.3) is 0 Å². The summed E-state index contributed by atoms with van der Waals surface area (Å²) in [6.07, 6.45) is 0. The van der Waals surface area contributed by atoms with E-state index in [1.165, 1.54) is 6.92 Å². The van der Waals surface area contributed by atoms with E-state index in [-0.39, 0.29) is 29.6 Å². The van der Waals surface area contributed by atoms with Gasteiger partial charge in [0, 0.05) is 0 Å². The van der Waals surface area contributed by atoms with Crippen LogP contribution in [0.2, 0.25) is 0 Å². The Balaban J connectivity index is 0. The van der Waals surface area contributed by atoms with E-state index in [1.807, 2.05) is 5.43 Å². The van der Waals surface area contributed by atoms with Crippen molar-refractivity contribution < 1.29 is 39.5 Å². The van der Waals surface area contributed by atoms with E-state index in [1.54, 1.807) is 0 Å². The first kappa shape index (κ1) is 11.2. The molecule has 0 aliphatic heterocycles. The third kappa shape index (κ3) is 4.55. The number of nitrogens with one attached hydrogen (secondary N) is 1. The van der Waals surface area contributed by atoms with Gasteiger partial charge < -0.3 is 9.90 Å². The summed E-state index contributed by atoms with van der Waals surface area (Å²) in [5.41, 5.74) is 2.00. The van der Waals surface area contributed by atoms with Crippen LogP contribution in [0.5, 0.6) is 0 Å². The SMILES string of the molecule is CC(NN)C(=O)[O-].[Na+]. The number of nitrogens with two attached hydrogens (primary N) is 1. The molecule has 3 N–H and O–H groups in total. The van der Waals surface area contributed by atoms with Gasteiger partial charge in [-0.05, 0) is 6.92 Å². The van der Waals surface area contributed by atoms with Crippen molar-refractivity contribution in [3.05, 3.63) is 0 Å². The molecule has 8 heavy (non-hydrogen) atoms. The molecule has 0 amide bonds. The average Bonchev–Trinajstić information content (AvgIpc) is 1.65. The fraction of sp³-hybridized carbons (Fsp3) is 0.667. The topological polar surface area (TPSA) is 78.2 Å². The largest absolute Gasteiger partial charge is 1.00 e. The number of hydrazine groups is 1. The molecule has 0 spiro atoms. The van der Waals surface area contributed by atoms with Crippen LogP contribution >= 0.6 is 0 Å². The smallest absolute Gasteiger partial charge is 0.548 e. The van der Waals surface area contributed by atoms with E-state index in [0.29, 0.717) is 0 Å². The average molecular weight is 126 g/mol. The van der Waals surface area contributed by atoms with Gasteiger partial charge in [0.05, 0.1) is 12.0 Å². The van der Waals surface area contributed by atoms with Gasteiger partial charge in [-0.15, -0.1) is 0 Å². The van der Waals surface area contributed by atoms with Crippen molar-refractivity contribution in [3.63, 3.8) is 0 Å². The molecule has 0 heterocycles. The van der Waals surface area contributed by atoms with Gasteiger partial charge in [0.25, 0.3) is 0 Å². The van der Waals surface area contributed by atoms with Crippen LogP contribution in [0.3, 0.4) is 0 Å². The van der Waals surface area contributed by atoms with Crippen LogP contribution < -0.4 is 45.9 Å². The zero-order valence-corrected chi connectivity index (χ0v) is 6.97. The number of rotatable bonds is 2. The first-order chi connectivity index (χ1) is 3.18. The van der Waals surface area contributed by atoms with Gasteiger partial charge in [0.2, 0.25) is 0 Å². The molecule has 4 nitrogen and oxygen atoms in total. The number of carbonyl (C=O) groups excluding carboxylic acids is 1. The Morgan fingerprint density at radius 1 is 1.88 bits per heavy atom. The van der Waals surface area contributed by atoms with Gasteiger partial charge in [-0.25, -0.2) is 0 Å². The van der Waals surface area contributed by atoms with E-state index in [9.17, 15) is 9.90 Å². The van der Waals surface area contributed by atoms with Crippen molar-refractivity contribution in [2.75, 3.05) is 0 Å². The van der Waals surface area contributed by atoms with E-state index in [4.69, 9.17) is 5.84 Å². The van der Waals surface area contributed by atoms with E-state index >= 15 is 0 Å². The molecule has 0 aromatic rings. The quantitative estimate of drug-likeness (QED) is 0.220. The second kappa shape index (κ2) is 5.53. The molecule has 0 saturated heterocycles. The molecular weight excluding hydrogens is 119 g/mol. The van der Waals surface area contributed by atoms with Crippen LogP contribution in [-0.4, -0.2) is 12.0 Å². The predicted molar refractivity (Wildman–Crippen MR) is 21.8 cm³/mol. The Morgan fingerprint density at radius 2 is 2.25 bits per heavy atom. The summed E-state index contributed by atoms with van der Waals surface area (Å²) < 4.78 is 0. The molecule has 0 bridgehead atoms. The Hall–Kier alpha value is 0.390. The first-order valence-electron chi connectivity index (χ1n) is 1.85. The van der Waals surface area contributed by atoms with Gasteiger partial charge in [-0.1, -0.05) is 0 Å². The zero-order chi connectivity index (χ0) is 5.86. The number of carboxylic acid groups (broad SMARTS) is 1. The van der Waals surface area contributed by atoms with Gasteiger partial charge in [0.1, 0.15) is 0 Å². The Bertz CT molecular complexity index is 77.7. The molecule has 0 aliphatic carbocycles. The second-order valence-electron chi connectivity index (χ2n) is 1.21. The molecule has 1 unspecified atom stereocenters. The molecule has 5 heteroatoms. The standard InChI is InChI=1S/C3H8N2O2.Na/c1-2(5-4)3(6)7;/h2,5H,4H2,1H3,(H,6,7);/q;+1/p-1. The monoisotopic (exact) mass is 126 g/mol. The van der Waals surface area contributed by atoms with Crippen LogP contribution in [-0.2, 0) is 4.79 Å². The Morgan fingerprint density at radius 3 is 2.25 bits per heavy atom. The van der Waals surface area contributed by atoms with Crippen molar-refractivity contribution >= 4 is 5.97 Å². The Kier molecular flexibility index (Phi) is 7.75. The number of carbonyl (C=O) groups is 1. The predicted octanol–water partition coefficient (Wildman–Crippen LogP) is -5.41. The maximum atomic E-state index is 9.68. The molecule has 0 aliphatic rings. The summed E-state index contributed by atoms with van der Waals surface area (Å²) in [6.45, 7) is 1.40. The zero-order valence-electron chi connectivity index (χ0n) is 4.97. The molecule has 1 atom stereocenters. The fourth-order valence-electron chi connectivity index (χ4n) is 0.0680. The minimum Gasteiger partial charge on any atom is -0.548 e. The summed E-state index contributed by atoms with van der Waals surface area (Å²) in [6, 6.07) is -0.764.